The Morgan fingerprint density at radius 1 is 1.11 bits per heavy atom. The number of hydrogen-bond donors (Lipinski definition) is 0. The van der Waals surface area contributed by atoms with E-state index in [0.717, 1.165) is 19.3 Å². The second kappa shape index (κ2) is 4.50. The summed E-state index contributed by atoms with van der Waals surface area (Å²) in [5.41, 5.74) is 0. The van der Waals surface area contributed by atoms with Gasteiger partial charge in [0.15, 0.2) is 9.84 Å². The zero-order valence-electron chi connectivity index (χ0n) is 10.6. The molecule has 100 valence electrons. The average Bonchev–Trinajstić information content (AvgIpc) is 2.77. The molecule has 3 atom stereocenters. The van der Waals surface area contributed by atoms with E-state index < -0.39 is 9.84 Å². The van der Waals surface area contributed by atoms with E-state index in [2.05, 4.69) is 11.0 Å². The molecule has 18 heavy (non-hydrogen) atoms. The van der Waals surface area contributed by atoms with Gasteiger partial charge >= 0.3 is 0 Å². The first-order valence-corrected chi connectivity index (χ1v) is 8.76. The van der Waals surface area contributed by atoms with Crippen LogP contribution in [0.4, 0.5) is 0 Å². The summed E-state index contributed by atoms with van der Waals surface area (Å²) in [6, 6.07) is 3.63. The van der Waals surface area contributed by atoms with Crippen molar-refractivity contribution < 1.29 is 8.42 Å². The fourth-order valence-electron chi connectivity index (χ4n) is 4.23. The van der Waals surface area contributed by atoms with E-state index in [1.807, 2.05) is 0 Å². The highest BCUT2D eigenvalue weighted by molar-refractivity contribution is 7.91. The molecule has 0 aliphatic carbocycles. The largest absolute Gasteiger partial charge is 0.293 e. The lowest BCUT2D eigenvalue weighted by Crippen LogP contribution is -2.49. The minimum atomic E-state index is -2.78. The van der Waals surface area contributed by atoms with Gasteiger partial charge in [-0.3, -0.25) is 4.90 Å². The maximum absolute atomic E-state index is 11.6. The van der Waals surface area contributed by atoms with E-state index in [1.165, 1.54) is 12.8 Å². The summed E-state index contributed by atoms with van der Waals surface area (Å²) < 4.78 is 23.2. The standard InChI is InChI=1S/C13H20N2O2S/c14-5-3-10-7-11-1-2-12(8-10)15(11)13-4-6-18(16,17)9-13/h10-13H,1-4,6-9H2. The van der Waals surface area contributed by atoms with Crippen molar-refractivity contribution in [2.24, 2.45) is 5.92 Å². The van der Waals surface area contributed by atoms with E-state index >= 15 is 0 Å². The molecule has 3 unspecified atom stereocenters. The molecule has 0 N–H and O–H groups in total. The zero-order valence-corrected chi connectivity index (χ0v) is 11.4. The van der Waals surface area contributed by atoms with Crippen molar-refractivity contribution in [3.05, 3.63) is 0 Å². The van der Waals surface area contributed by atoms with E-state index in [4.69, 9.17) is 5.26 Å². The summed E-state index contributed by atoms with van der Waals surface area (Å²) in [5.74, 6) is 1.28. The molecule has 3 saturated heterocycles. The molecule has 0 aromatic rings. The van der Waals surface area contributed by atoms with E-state index in [1.54, 1.807) is 0 Å². The van der Waals surface area contributed by atoms with Gasteiger partial charge in [0.1, 0.15) is 0 Å². The molecule has 3 aliphatic rings. The highest BCUT2D eigenvalue weighted by atomic mass is 32.2. The van der Waals surface area contributed by atoms with Crippen molar-refractivity contribution >= 4 is 9.84 Å². The first-order valence-electron chi connectivity index (χ1n) is 6.94. The van der Waals surface area contributed by atoms with Crippen molar-refractivity contribution in [2.45, 2.75) is 56.7 Å². The van der Waals surface area contributed by atoms with Crippen LogP contribution in [-0.2, 0) is 9.84 Å². The maximum Gasteiger partial charge on any atom is 0.151 e. The first kappa shape index (κ1) is 12.4. The van der Waals surface area contributed by atoms with Gasteiger partial charge < -0.3 is 0 Å². The van der Waals surface area contributed by atoms with Crippen LogP contribution in [0.1, 0.15) is 38.5 Å². The van der Waals surface area contributed by atoms with E-state index in [0.29, 0.717) is 35.9 Å². The van der Waals surface area contributed by atoms with Crippen LogP contribution in [0.25, 0.3) is 0 Å². The van der Waals surface area contributed by atoms with Crippen molar-refractivity contribution in [2.75, 3.05) is 11.5 Å². The van der Waals surface area contributed by atoms with Crippen LogP contribution in [0.3, 0.4) is 0 Å². The van der Waals surface area contributed by atoms with Crippen molar-refractivity contribution in [3.8, 4) is 6.07 Å². The Bertz CT molecular complexity index is 454. The number of nitrogens with zero attached hydrogens (tertiary/aromatic N) is 2. The van der Waals surface area contributed by atoms with Gasteiger partial charge in [-0.1, -0.05) is 0 Å². The number of rotatable bonds is 2. The lowest BCUT2D eigenvalue weighted by Gasteiger charge is -2.41. The predicted molar refractivity (Wildman–Crippen MR) is 68.7 cm³/mol. The molecule has 0 amide bonds. The molecule has 0 spiro atoms. The minimum Gasteiger partial charge on any atom is -0.293 e. The lowest BCUT2D eigenvalue weighted by molar-refractivity contribution is 0.0701. The smallest absolute Gasteiger partial charge is 0.151 e. The molecule has 3 rings (SSSR count). The average molecular weight is 268 g/mol. The van der Waals surface area contributed by atoms with Crippen LogP contribution in [0.2, 0.25) is 0 Å². The highest BCUT2D eigenvalue weighted by Crippen LogP contribution is 2.42. The van der Waals surface area contributed by atoms with Gasteiger partial charge in [-0.15, -0.1) is 0 Å². The Morgan fingerprint density at radius 2 is 1.78 bits per heavy atom. The molecule has 3 aliphatic heterocycles. The summed E-state index contributed by atoms with van der Waals surface area (Å²) >= 11 is 0. The Kier molecular flexibility index (Phi) is 3.11. The van der Waals surface area contributed by atoms with Crippen LogP contribution in [-0.4, -0.2) is 42.9 Å². The van der Waals surface area contributed by atoms with Crippen LogP contribution >= 0.6 is 0 Å². The lowest BCUT2D eigenvalue weighted by atomic mass is 9.87. The number of nitriles is 1. The third kappa shape index (κ3) is 2.17. The SMILES string of the molecule is N#CCC1CC2CCC(C1)N2C1CCS(=O)(=O)C1. The number of piperidine rings is 1. The van der Waals surface area contributed by atoms with Crippen LogP contribution < -0.4 is 0 Å². The number of sulfone groups is 1. The quantitative estimate of drug-likeness (QED) is 0.758. The molecule has 4 nitrogen and oxygen atoms in total. The molecule has 0 aromatic carbocycles. The summed E-state index contributed by atoms with van der Waals surface area (Å²) in [7, 11) is -2.78. The molecule has 0 radical (unpaired) electrons. The molecular formula is C13H20N2O2S. The van der Waals surface area contributed by atoms with Gasteiger partial charge in [0, 0.05) is 24.5 Å². The summed E-state index contributed by atoms with van der Waals surface area (Å²) in [4.78, 5) is 2.50. The van der Waals surface area contributed by atoms with Gasteiger partial charge in [-0.25, -0.2) is 8.42 Å². The second-order valence-corrected chi connectivity index (χ2v) is 8.32. The molecule has 5 heteroatoms. The Hall–Kier alpha value is -0.600. The maximum atomic E-state index is 11.6. The van der Waals surface area contributed by atoms with E-state index in [9.17, 15) is 8.42 Å². The minimum absolute atomic E-state index is 0.260. The Morgan fingerprint density at radius 3 is 2.28 bits per heavy atom. The van der Waals surface area contributed by atoms with Crippen molar-refractivity contribution in [1.29, 1.82) is 5.26 Å². The molecule has 0 aromatic heterocycles. The number of hydrogen-bond acceptors (Lipinski definition) is 4. The zero-order chi connectivity index (χ0) is 12.8. The molecule has 3 heterocycles. The van der Waals surface area contributed by atoms with Crippen LogP contribution in [0.15, 0.2) is 0 Å². The fourth-order valence-corrected chi connectivity index (χ4v) is 5.95. The van der Waals surface area contributed by atoms with Gasteiger partial charge in [-0.2, -0.15) is 5.26 Å². The van der Waals surface area contributed by atoms with E-state index in [-0.39, 0.29) is 6.04 Å². The number of fused-ring (bicyclic) bond motifs is 2. The van der Waals surface area contributed by atoms with Gasteiger partial charge in [0.05, 0.1) is 17.6 Å². The Labute approximate surface area is 109 Å². The van der Waals surface area contributed by atoms with Gasteiger partial charge in [0.2, 0.25) is 0 Å². The third-order valence-electron chi connectivity index (χ3n) is 4.90. The monoisotopic (exact) mass is 268 g/mol. The molecule has 3 fully saturated rings. The Balaban J connectivity index is 1.71. The third-order valence-corrected chi connectivity index (χ3v) is 6.65. The molecule has 2 bridgehead atoms. The molecule has 0 saturated carbocycles. The van der Waals surface area contributed by atoms with Crippen molar-refractivity contribution in [3.63, 3.8) is 0 Å². The van der Waals surface area contributed by atoms with Crippen molar-refractivity contribution in [1.82, 2.24) is 4.90 Å². The van der Waals surface area contributed by atoms with Crippen LogP contribution in [0, 0.1) is 17.2 Å². The topological polar surface area (TPSA) is 61.2 Å². The van der Waals surface area contributed by atoms with Gasteiger partial charge in [-0.05, 0) is 38.0 Å². The summed E-state index contributed by atoms with van der Waals surface area (Å²) in [6.07, 6.45) is 6.08. The highest BCUT2D eigenvalue weighted by Gasteiger charge is 2.46. The first-order chi connectivity index (χ1) is 8.59. The molecular weight excluding hydrogens is 248 g/mol. The summed E-state index contributed by atoms with van der Waals surface area (Å²) in [6.45, 7) is 0. The van der Waals surface area contributed by atoms with Gasteiger partial charge in [0.25, 0.3) is 0 Å². The summed E-state index contributed by atoms with van der Waals surface area (Å²) in [5, 5.41) is 8.81. The predicted octanol–water partition coefficient (Wildman–Crippen LogP) is 1.33. The second-order valence-electron chi connectivity index (χ2n) is 6.09. The normalized spacial score (nSPS) is 42.8. The van der Waals surface area contributed by atoms with Crippen LogP contribution in [0.5, 0.6) is 0 Å². The fraction of sp³-hybridized carbons (Fsp3) is 0.923.